The smallest absolute Gasteiger partial charge is 0.242 e. The molecule has 6 nitrogen and oxygen atoms in total. The summed E-state index contributed by atoms with van der Waals surface area (Å²) in [5, 5.41) is 2.98. The van der Waals surface area contributed by atoms with Gasteiger partial charge >= 0.3 is 0 Å². The second kappa shape index (κ2) is 9.20. The van der Waals surface area contributed by atoms with Crippen molar-refractivity contribution in [3.05, 3.63) is 59.7 Å². The van der Waals surface area contributed by atoms with Gasteiger partial charge < -0.3 is 19.7 Å². The van der Waals surface area contributed by atoms with Crippen LogP contribution in [0, 0.1) is 0 Å². The van der Waals surface area contributed by atoms with Crippen molar-refractivity contribution in [3.63, 3.8) is 0 Å². The molecule has 0 aromatic heterocycles. The molecule has 30 heavy (non-hydrogen) atoms. The van der Waals surface area contributed by atoms with Crippen molar-refractivity contribution in [2.75, 3.05) is 6.79 Å². The third-order valence-electron chi connectivity index (χ3n) is 4.93. The van der Waals surface area contributed by atoms with Crippen LogP contribution in [-0.4, -0.2) is 35.1 Å². The van der Waals surface area contributed by atoms with Crippen molar-refractivity contribution < 1.29 is 19.1 Å². The highest BCUT2D eigenvalue weighted by atomic mass is 16.7. The van der Waals surface area contributed by atoms with Crippen LogP contribution >= 0.6 is 0 Å². The quantitative estimate of drug-likeness (QED) is 0.756. The maximum atomic E-state index is 13.2. The van der Waals surface area contributed by atoms with Gasteiger partial charge in [-0.3, -0.25) is 9.59 Å². The molecule has 2 aromatic rings. The number of rotatable bonds is 7. The first kappa shape index (κ1) is 21.7. The molecule has 0 saturated carbocycles. The summed E-state index contributed by atoms with van der Waals surface area (Å²) in [5.41, 5.74) is 1.63. The molecule has 0 aliphatic carbocycles. The van der Waals surface area contributed by atoms with E-state index in [0.29, 0.717) is 25.1 Å². The van der Waals surface area contributed by atoms with Gasteiger partial charge in [0.15, 0.2) is 11.5 Å². The van der Waals surface area contributed by atoms with Crippen LogP contribution in [0.2, 0.25) is 0 Å². The number of hydrogen-bond acceptors (Lipinski definition) is 4. The van der Waals surface area contributed by atoms with Crippen LogP contribution in [0.15, 0.2) is 48.5 Å². The first-order valence-corrected chi connectivity index (χ1v) is 10.3. The molecule has 6 heteroatoms. The number of carbonyl (C=O) groups excluding carboxylic acids is 2. The summed E-state index contributed by atoms with van der Waals surface area (Å²) in [5.74, 6) is 1.21. The summed E-state index contributed by atoms with van der Waals surface area (Å²) in [6.45, 7) is 8.19. The van der Waals surface area contributed by atoms with Gasteiger partial charge in [-0.05, 0) is 57.4 Å². The Kier molecular flexibility index (Phi) is 6.65. The zero-order valence-corrected chi connectivity index (χ0v) is 18.1. The van der Waals surface area contributed by atoms with Gasteiger partial charge in [-0.15, -0.1) is 0 Å². The van der Waals surface area contributed by atoms with E-state index in [0.717, 1.165) is 16.9 Å². The molecule has 0 spiro atoms. The van der Waals surface area contributed by atoms with Gasteiger partial charge in [0, 0.05) is 18.5 Å². The lowest BCUT2D eigenvalue weighted by Crippen LogP contribution is -2.52. The normalized spacial score (nSPS) is 13.6. The molecular weight excluding hydrogens is 380 g/mol. The van der Waals surface area contributed by atoms with Gasteiger partial charge in [0.2, 0.25) is 18.6 Å². The molecule has 0 saturated heterocycles. The van der Waals surface area contributed by atoms with Gasteiger partial charge in [-0.25, -0.2) is 0 Å². The molecule has 1 atom stereocenters. The van der Waals surface area contributed by atoms with Crippen LogP contribution in [0.4, 0.5) is 0 Å². The Morgan fingerprint density at radius 3 is 2.43 bits per heavy atom. The van der Waals surface area contributed by atoms with E-state index in [1.165, 1.54) is 0 Å². The van der Waals surface area contributed by atoms with Crippen molar-refractivity contribution in [3.8, 4) is 11.5 Å². The summed E-state index contributed by atoms with van der Waals surface area (Å²) in [4.78, 5) is 27.6. The predicted octanol–water partition coefficient (Wildman–Crippen LogP) is 3.68. The van der Waals surface area contributed by atoms with Crippen LogP contribution in [0.5, 0.6) is 11.5 Å². The Labute approximate surface area is 178 Å². The minimum atomic E-state index is -0.575. The molecule has 0 bridgehead atoms. The molecule has 1 N–H and O–H groups in total. The molecule has 1 unspecified atom stereocenters. The average molecular weight is 411 g/mol. The number of hydrogen-bond donors (Lipinski definition) is 1. The third kappa shape index (κ3) is 5.75. The van der Waals surface area contributed by atoms with Gasteiger partial charge in [0.25, 0.3) is 0 Å². The topological polar surface area (TPSA) is 67.9 Å². The highest BCUT2D eigenvalue weighted by molar-refractivity contribution is 5.87. The summed E-state index contributed by atoms with van der Waals surface area (Å²) >= 11 is 0. The van der Waals surface area contributed by atoms with Crippen LogP contribution < -0.4 is 14.8 Å². The molecule has 0 fully saturated rings. The van der Waals surface area contributed by atoms with Gasteiger partial charge in [-0.2, -0.15) is 0 Å². The van der Waals surface area contributed by atoms with Gasteiger partial charge in [-0.1, -0.05) is 36.4 Å². The second-order valence-electron chi connectivity index (χ2n) is 8.61. The zero-order chi connectivity index (χ0) is 21.7. The van der Waals surface area contributed by atoms with E-state index in [1.807, 2.05) is 69.3 Å². The van der Waals surface area contributed by atoms with Crippen LogP contribution in [0.3, 0.4) is 0 Å². The maximum absolute atomic E-state index is 13.2. The Hall–Kier alpha value is -3.02. The lowest BCUT2D eigenvalue weighted by molar-refractivity contribution is -0.141. The Balaban J connectivity index is 1.71. The fourth-order valence-electron chi connectivity index (χ4n) is 3.33. The van der Waals surface area contributed by atoms with E-state index in [1.54, 1.807) is 11.8 Å². The number of benzene rings is 2. The lowest BCUT2D eigenvalue weighted by Gasteiger charge is -2.31. The van der Waals surface area contributed by atoms with Crippen molar-refractivity contribution in [1.82, 2.24) is 10.2 Å². The standard InChI is InChI=1S/C24H30N2O4/c1-17(23(28)25-24(2,3)4)26(15-19-8-6-5-7-9-19)22(27)13-11-18-10-12-20-21(14-18)30-16-29-20/h5-10,12,14,17H,11,13,15-16H2,1-4H3,(H,25,28). The number of fused-ring (bicyclic) bond motifs is 1. The van der Waals surface area contributed by atoms with Crippen LogP contribution in [-0.2, 0) is 22.6 Å². The molecule has 1 aliphatic heterocycles. The van der Waals surface area contributed by atoms with E-state index in [9.17, 15) is 9.59 Å². The SMILES string of the molecule is CC(C(=O)NC(C)(C)C)N(Cc1ccccc1)C(=O)CCc1ccc2c(c1)OCO2. The van der Waals surface area contributed by atoms with E-state index < -0.39 is 6.04 Å². The van der Waals surface area contributed by atoms with E-state index >= 15 is 0 Å². The highest BCUT2D eigenvalue weighted by Crippen LogP contribution is 2.32. The number of nitrogens with one attached hydrogen (secondary N) is 1. The monoisotopic (exact) mass is 410 g/mol. The average Bonchev–Trinajstić information content (AvgIpc) is 3.17. The fourth-order valence-corrected chi connectivity index (χ4v) is 3.33. The molecule has 0 radical (unpaired) electrons. The van der Waals surface area contributed by atoms with Crippen molar-refractivity contribution in [1.29, 1.82) is 0 Å². The molecule has 2 aromatic carbocycles. The van der Waals surface area contributed by atoms with Gasteiger partial charge in [0.1, 0.15) is 6.04 Å². The second-order valence-corrected chi connectivity index (χ2v) is 8.61. The number of ether oxygens (including phenoxy) is 2. The number of amides is 2. The molecule has 1 heterocycles. The van der Waals surface area contributed by atoms with Crippen LogP contribution in [0.25, 0.3) is 0 Å². The largest absolute Gasteiger partial charge is 0.454 e. The molecule has 160 valence electrons. The Morgan fingerprint density at radius 2 is 1.73 bits per heavy atom. The van der Waals surface area contributed by atoms with E-state index in [-0.39, 0.29) is 24.1 Å². The minimum absolute atomic E-state index is 0.0620. The Bertz CT molecular complexity index is 890. The van der Waals surface area contributed by atoms with E-state index in [4.69, 9.17) is 9.47 Å². The molecular formula is C24H30N2O4. The number of nitrogens with zero attached hydrogens (tertiary/aromatic N) is 1. The summed E-state index contributed by atoms with van der Waals surface area (Å²) in [6, 6.07) is 14.9. The predicted molar refractivity (Wildman–Crippen MR) is 115 cm³/mol. The Morgan fingerprint density at radius 1 is 1.03 bits per heavy atom. The summed E-state index contributed by atoms with van der Waals surface area (Å²) < 4.78 is 10.8. The first-order valence-electron chi connectivity index (χ1n) is 10.3. The van der Waals surface area contributed by atoms with Crippen molar-refractivity contribution >= 4 is 11.8 Å². The highest BCUT2D eigenvalue weighted by Gasteiger charge is 2.28. The summed E-state index contributed by atoms with van der Waals surface area (Å²) in [6.07, 6.45) is 0.869. The minimum Gasteiger partial charge on any atom is -0.454 e. The van der Waals surface area contributed by atoms with Gasteiger partial charge in [0.05, 0.1) is 0 Å². The number of aryl methyl sites for hydroxylation is 1. The van der Waals surface area contributed by atoms with Crippen LogP contribution in [0.1, 0.15) is 45.2 Å². The maximum Gasteiger partial charge on any atom is 0.242 e. The lowest BCUT2D eigenvalue weighted by atomic mass is 10.1. The van der Waals surface area contributed by atoms with Crippen molar-refractivity contribution in [2.45, 2.75) is 58.7 Å². The molecule has 3 rings (SSSR count). The van der Waals surface area contributed by atoms with E-state index in [2.05, 4.69) is 5.32 Å². The first-order chi connectivity index (χ1) is 14.2. The number of carbonyl (C=O) groups is 2. The molecule has 2 amide bonds. The summed E-state index contributed by atoms with van der Waals surface area (Å²) in [7, 11) is 0. The fraction of sp³-hybridized carbons (Fsp3) is 0.417. The zero-order valence-electron chi connectivity index (χ0n) is 18.1. The van der Waals surface area contributed by atoms with Crippen molar-refractivity contribution in [2.24, 2.45) is 0 Å². The third-order valence-corrected chi connectivity index (χ3v) is 4.93. The molecule has 1 aliphatic rings.